The monoisotopic (exact) mass is 385 g/mol. The Balaban J connectivity index is 1.99. The lowest BCUT2D eigenvalue weighted by Crippen LogP contribution is -2.28. The van der Waals surface area contributed by atoms with Crippen molar-refractivity contribution in [3.63, 3.8) is 0 Å². The molecule has 2 aromatic heterocycles. The van der Waals surface area contributed by atoms with Gasteiger partial charge >= 0.3 is 0 Å². The number of rotatable bonds is 4. The minimum Gasteiger partial charge on any atom is -0.305 e. The first-order chi connectivity index (χ1) is 13.9. The van der Waals surface area contributed by atoms with E-state index < -0.39 is 6.04 Å². The van der Waals surface area contributed by atoms with Crippen LogP contribution in [0, 0.1) is 20.8 Å². The lowest BCUT2D eigenvalue weighted by molar-refractivity contribution is 0.0934. The summed E-state index contributed by atoms with van der Waals surface area (Å²) in [5.74, 6) is 0.479. The molecule has 0 amide bonds. The van der Waals surface area contributed by atoms with Crippen molar-refractivity contribution < 1.29 is 4.79 Å². The van der Waals surface area contributed by atoms with E-state index in [1.807, 2.05) is 86.0 Å². The van der Waals surface area contributed by atoms with Gasteiger partial charge in [0.05, 0.1) is 17.4 Å². The molecule has 4 aromatic rings. The lowest BCUT2D eigenvalue weighted by atomic mass is 10.0. The molecule has 0 fully saturated rings. The largest absolute Gasteiger partial charge is 0.305 e. The minimum atomic E-state index is -0.496. The molecule has 2 heterocycles. The summed E-state index contributed by atoms with van der Waals surface area (Å²) in [7, 11) is 0. The van der Waals surface area contributed by atoms with E-state index in [1.165, 1.54) is 0 Å². The number of fused-ring (bicyclic) bond motifs is 1. The van der Waals surface area contributed by atoms with E-state index in [-0.39, 0.29) is 11.3 Å². The summed E-state index contributed by atoms with van der Waals surface area (Å²) in [6.45, 7) is 7.43. The van der Waals surface area contributed by atoms with Crippen LogP contribution in [0.5, 0.6) is 0 Å². The van der Waals surface area contributed by atoms with Crippen LogP contribution in [-0.4, -0.2) is 19.7 Å². The third-order valence-electron chi connectivity index (χ3n) is 5.61. The maximum atomic E-state index is 13.2. The number of aromatic nitrogens is 3. The van der Waals surface area contributed by atoms with Crippen LogP contribution < -0.4 is 5.56 Å². The molecule has 5 heteroatoms. The minimum absolute atomic E-state index is 0.0134. The van der Waals surface area contributed by atoms with Crippen LogP contribution >= 0.6 is 0 Å². The highest BCUT2D eigenvalue weighted by Gasteiger charge is 2.25. The smallest absolute Gasteiger partial charge is 0.262 e. The average molecular weight is 385 g/mol. The van der Waals surface area contributed by atoms with Gasteiger partial charge in [-0.3, -0.25) is 9.59 Å². The van der Waals surface area contributed by atoms with E-state index in [0.29, 0.717) is 16.9 Å². The molecule has 0 N–H and O–H groups in total. The van der Waals surface area contributed by atoms with E-state index in [4.69, 9.17) is 4.98 Å². The van der Waals surface area contributed by atoms with Crippen molar-refractivity contribution in [3.05, 3.63) is 93.5 Å². The molecular weight excluding hydrogens is 362 g/mol. The Morgan fingerprint density at radius 1 is 0.897 bits per heavy atom. The van der Waals surface area contributed by atoms with E-state index >= 15 is 0 Å². The number of imidazole rings is 1. The number of ketones is 1. The predicted octanol–water partition coefficient (Wildman–Crippen LogP) is 4.53. The Labute approximate surface area is 169 Å². The molecule has 5 nitrogen and oxygen atoms in total. The third kappa shape index (κ3) is 2.99. The fourth-order valence-electron chi connectivity index (χ4n) is 3.84. The molecule has 1 unspecified atom stereocenters. The van der Waals surface area contributed by atoms with Crippen molar-refractivity contribution >= 4 is 11.6 Å². The second-order valence-corrected chi connectivity index (χ2v) is 7.34. The molecule has 0 saturated carbocycles. The summed E-state index contributed by atoms with van der Waals surface area (Å²) in [5.41, 5.74) is 4.38. The van der Waals surface area contributed by atoms with Crippen LogP contribution in [0.15, 0.2) is 65.5 Å². The number of carbonyl (C=O) groups excluding carboxylic acids is 1. The maximum Gasteiger partial charge on any atom is 0.262 e. The lowest BCUT2D eigenvalue weighted by Gasteiger charge is -2.20. The van der Waals surface area contributed by atoms with E-state index in [1.54, 1.807) is 11.3 Å². The van der Waals surface area contributed by atoms with Crippen LogP contribution in [0.1, 0.15) is 40.3 Å². The molecule has 29 heavy (non-hydrogen) atoms. The van der Waals surface area contributed by atoms with Gasteiger partial charge in [-0.2, -0.15) is 0 Å². The summed E-state index contributed by atoms with van der Waals surface area (Å²) >= 11 is 0. The molecule has 0 radical (unpaired) electrons. The Bertz CT molecular complexity index is 1270. The van der Waals surface area contributed by atoms with Crippen molar-refractivity contribution in [2.75, 3.05) is 0 Å². The van der Waals surface area contributed by atoms with Gasteiger partial charge in [0, 0.05) is 22.4 Å². The van der Waals surface area contributed by atoms with Gasteiger partial charge in [-0.25, -0.2) is 9.38 Å². The summed E-state index contributed by atoms with van der Waals surface area (Å²) in [4.78, 5) is 31.0. The van der Waals surface area contributed by atoms with Gasteiger partial charge in [-0.05, 0) is 27.7 Å². The number of benzene rings is 2. The summed E-state index contributed by atoms with van der Waals surface area (Å²) in [5, 5.41) is 0. The van der Waals surface area contributed by atoms with Gasteiger partial charge < -0.3 is 4.57 Å². The van der Waals surface area contributed by atoms with Gasteiger partial charge in [-0.15, -0.1) is 0 Å². The summed E-state index contributed by atoms with van der Waals surface area (Å²) < 4.78 is 3.50. The van der Waals surface area contributed by atoms with E-state index in [2.05, 4.69) is 0 Å². The highest BCUT2D eigenvalue weighted by atomic mass is 16.1. The van der Waals surface area contributed by atoms with E-state index in [0.717, 1.165) is 22.6 Å². The molecule has 0 spiro atoms. The molecule has 146 valence electrons. The highest BCUT2D eigenvalue weighted by Crippen LogP contribution is 2.26. The Morgan fingerprint density at radius 2 is 1.48 bits per heavy atom. The van der Waals surface area contributed by atoms with Crippen LogP contribution in [-0.2, 0) is 0 Å². The van der Waals surface area contributed by atoms with Crippen molar-refractivity contribution in [1.82, 2.24) is 14.0 Å². The van der Waals surface area contributed by atoms with Crippen molar-refractivity contribution in [1.29, 1.82) is 0 Å². The topological polar surface area (TPSA) is 56.4 Å². The summed E-state index contributed by atoms with van der Waals surface area (Å²) in [6, 6.07) is 18.5. The first-order valence-corrected chi connectivity index (χ1v) is 9.67. The summed E-state index contributed by atoms with van der Waals surface area (Å²) in [6.07, 6.45) is 0. The third-order valence-corrected chi connectivity index (χ3v) is 5.61. The Kier molecular flexibility index (Phi) is 4.66. The zero-order chi connectivity index (χ0) is 20.7. The quantitative estimate of drug-likeness (QED) is 0.485. The first-order valence-electron chi connectivity index (χ1n) is 9.67. The van der Waals surface area contributed by atoms with Crippen molar-refractivity contribution in [3.8, 4) is 11.3 Å². The van der Waals surface area contributed by atoms with Gasteiger partial charge in [0.1, 0.15) is 0 Å². The first kappa shape index (κ1) is 18.9. The van der Waals surface area contributed by atoms with Crippen LogP contribution in [0.3, 0.4) is 0 Å². The highest BCUT2D eigenvalue weighted by molar-refractivity contribution is 5.99. The van der Waals surface area contributed by atoms with Crippen LogP contribution in [0.2, 0.25) is 0 Å². The van der Waals surface area contributed by atoms with Crippen molar-refractivity contribution in [2.45, 2.75) is 33.7 Å². The van der Waals surface area contributed by atoms with Crippen molar-refractivity contribution in [2.24, 2.45) is 0 Å². The average Bonchev–Trinajstić information content (AvgIpc) is 3.09. The van der Waals surface area contributed by atoms with E-state index in [9.17, 15) is 9.59 Å². The van der Waals surface area contributed by atoms with Gasteiger partial charge in [-0.1, -0.05) is 60.7 Å². The molecule has 0 aliphatic rings. The van der Waals surface area contributed by atoms with Crippen LogP contribution in [0.4, 0.5) is 0 Å². The molecule has 1 atom stereocenters. The molecule has 0 saturated heterocycles. The molecule has 0 bridgehead atoms. The molecule has 0 aliphatic carbocycles. The number of Topliss-reactive ketones (excluding diaryl/α,β-unsaturated/α-hetero) is 1. The Hall–Kier alpha value is -3.47. The standard InChI is InChI=1S/C24H23N3O2/c1-15-16(2)26(18(4)22(28)20-13-9-6-10-14-20)24-25-21(17(3)27(24)23(15)29)19-11-7-5-8-12-19/h5-14,18H,1-4H3. The maximum absolute atomic E-state index is 13.2. The zero-order valence-electron chi connectivity index (χ0n) is 17.0. The number of aryl methyl sites for hydroxylation is 1. The fraction of sp³-hybridized carbons (Fsp3) is 0.208. The Morgan fingerprint density at radius 3 is 2.10 bits per heavy atom. The molecule has 2 aromatic carbocycles. The fourth-order valence-corrected chi connectivity index (χ4v) is 3.84. The van der Waals surface area contributed by atoms with Gasteiger partial charge in [0.2, 0.25) is 5.78 Å². The van der Waals surface area contributed by atoms with Crippen LogP contribution in [0.25, 0.3) is 17.0 Å². The zero-order valence-corrected chi connectivity index (χ0v) is 17.0. The normalized spacial score (nSPS) is 12.3. The van der Waals surface area contributed by atoms with Gasteiger partial charge in [0.25, 0.3) is 5.56 Å². The molecule has 0 aliphatic heterocycles. The number of nitrogens with zero attached hydrogens (tertiary/aromatic N) is 3. The SMILES string of the molecule is Cc1c(C)n(C(C)C(=O)c2ccccc2)c2nc(-c3ccccc3)c(C)n2c1=O. The van der Waals surface area contributed by atoms with Gasteiger partial charge in [0.15, 0.2) is 5.78 Å². The predicted molar refractivity (Wildman–Crippen MR) is 115 cm³/mol. The number of hydrogen-bond donors (Lipinski definition) is 0. The second kappa shape index (κ2) is 7.17. The number of carbonyl (C=O) groups is 1. The second-order valence-electron chi connectivity index (χ2n) is 7.34. The number of hydrogen-bond acceptors (Lipinski definition) is 3. The molecule has 4 rings (SSSR count). The molecular formula is C24H23N3O2.